The second-order valence-electron chi connectivity index (χ2n) is 5.25. The lowest BCUT2D eigenvalue weighted by atomic mass is 9.81. The third-order valence-electron chi connectivity index (χ3n) is 3.42. The zero-order chi connectivity index (χ0) is 12.1. The summed E-state index contributed by atoms with van der Waals surface area (Å²) in [6, 6.07) is 0. The molecule has 0 fully saturated rings. The molecule has 0 radical (unpaired) electrons. The summed E-state index contributed by atoms with van der Waals surface area (Å²) in [5.74, 6) is 1.03. The Morgan fingerprint density at radius 3 is 2.69 bits per heavy atom. The van der Waals surface area contributed by atoms with Gasteiger partial charge in [-0.1, -0.05) is 25.5 Å². The van der Waals surface area contributed by atoms with Gasteiger partial charge in [-0.25, -0.2) is 5.48 Å². The Morgan fingerprint density at radius 1 is 1.56 bits per heavy atom. The SMILES string of the molecule is CC(C)C[C@H]1CC=C([C@@H](C)C(=O)NO)CC1. The van der Waals surface area contributed by atoms with Crippen LogP contribution < -0.4 is 5.48 Å². The Kier molecular flexibility index (Phi) is 5.00. The van der Waals surface area contributed by atoms with E-state index in [0.717, 1.165) is 24.7 Å². The van der Waals surface area contributed by atoms with Crippen LogP contribution in [0.5, 0.6) is 0 Å². The topological polar surface area (TPSA) is 49.3 Å². The van der Waals surface area contributed by atoms with Crippen LogP contribution in [-0.2, 0) is 4.79 Å². The van der Waals surface area contributed by atoms with Crippen molar-refractivity contribution in [3.8, 4) is 0 Å². The van der Waals surface area contributed by atoms with Crippen molar-refractivity contribution in [2.24, 2.45) is 17.8 Å². The van der Waals surface area contributed by atoms with Gasteiger partial charge in [-0.3, -0.25) is 10.0 Å². The highest BCUT2D eigenvalue weighted by molar-refractivity contribution is 5.79. The van der Waals surface area contributed by atoms with Crippen LogP contribution in [0, 0.1) is 17.8 Å². The first-order valence-corrected chi connectivity index (χ1v) is 6.17. The van der Waals surface area contributed by atoms with Crippen molar-refractivity contribution >= 4 is 5.91 Å². The minimum Gasteiger partial charge on any atom is -0.289 e. The maximum Gasteiger partial charge on any atom is 0.250 e. The molecule has 92 valence electrons. The lowest BCUT2D eigenvalue weighted by Gasteiger charge is -2.25. The maximum atomic E-state index is 11.3. The van der Waals surface area contributed by atoms with Gasteiger partial charge in [0.1, 0.15) is 0 Å². The lowest BCUT2D eigenvalue weighted by Crippen LogP contribution is -2.28. The molecule has 1 rings (SSSR count). The molecule has 0 aliphatic heterocycles. The fraction of sp³-hybridized carbons (Fsp3) is 0.769. The van der Waals surface area contributed by atoms with E-state index in [0.29, 0.717) is 0 Å². The largest absolute Gasteiger partial charge is 0.289 e. The molecule has 0 aromatic rings. The summed E-state index contributed by atoms with van der Waals surface area (Å²) in [4.78, 5) is 11.3. The van der Waals surface area contributed by atoms with Crippen LogP contribution >= 0.6 is 0 Å². The summed E-state index contributed by atoms with van der Waals surface area (Å²) in [7, 11) is 0. The van der Waals surface area contributed by atoms with E-state index in [1.807, 2.05) is 6.92 Å². The minimum absolute atomic E-state index is 0.190. The van der Waals surface area contributed by atoms with Crippen LogP contribution in [0.3, 0.4) is 0 Å². The van der Waals surface area contributed by atoms with E-state index in [9.17, 15) is 4.79 Å². The normalized spacial score (nSPS) is 22.8. The van der Waals surface area contributed by atoms with E-state index >= 15 is 0 Å². The Morgan fingerprint density at radius 2 is 2.25 bits per heavy atom. The number of amides is 1. The van der Waals surface area contributed by atoms with Crippen LogP contribution in [-0.4, -0.2) is 11.1 Å². The first kappa shape index (κ1) is 13.2. The van der Waals surface area contributed by atoms with Gasteiger partial charge in [0, 0.05) is 0 Å². The number of hydroxylamine groups is 1. The molecule has 0 aromatic carbocycles. The molecule has 1 amide bonds. The number of carbonyl (C=O) groups is 1. The molecule has 0 saturated heterocycles. The molecule has 3 nitrogen and oxygen atoms in total. The van der Waals surface area contributed by atoms with E-state index in [4.69, 9.17) is 5.21 Å². The molecule has 1 aliphatic rings. The summed E-state index contributed by atoms with van der Waals surface area (Å²) in [5, 5.41) is 8.58. The first-order valence-electron chi connectivity index (χ1n) is 6.17. The molecular weight excluding hydrogens is 202 g/mol. The van der Waals surface area contributed by atoms with Crippen molar-refractivity contribution in [2.75, 3.05) is 0 Å². The monoisotopic (exact) mass is 225 g/mol. The molecule has 0 aromatic heterocycles. The van der Waals surface area contributed by atoms with Gasteiger partial charge in [-0.2, -0.15) is 0 Å². The van der Waals surface area contributed by atoms with Gasteiger partial charge in [0.25, 0.3) is 0 Å². The quantitative estimate of drug-likeness (QED) is 0.439. The number of carbonyl (C=O) groups excluding carboxylic acids is 1. The van der Waals surface area contributed by atoms with Gasteiger partial charge in [0.15, 0.2) is 0 Å². The smallest absolute Gasteiger partial charge is 0.250 e. The second kappa shape index (κ2) is 6.04. The van der Waals surface area contributed by atoms with Gasteiger partial charge in [0.05, 0.1) is 5.92 Å². The van der Waals surface area contributed by atoms with Gasteiger partial charge >= 0.3 is 0 Å². The lowest BCUT2D eigenvalue weighted by molar-refractivity contribution is -0.131. The molecule has 0 heterocycles. The highest BCUT2D eigenvalue weighted by Crippen LogP contribution is 2.31. The Bertz CT molecular complexity index is 271. The van der Waals surface area contributed by atoms with Crippen molar-refractivity contribution in [1.82, 2.24) is 5.48 Å². The molecule has 0 saturated carbocycles. The van der Waals surface area contributed by atoms with Crippen LogP contribution in [0.25, 0.3) is 0 Å². The summed E-state index contributed by atoms with van der Waals surface area (Å²) >= 11 is 0. The Labute approximate surface area is 97.9 Å². The number of hydrogen-bond donors (Lipinski definition) is 2. The molecule has 0 unspecified atom stereocenters. The third kappa shape index (κ3) is 3.63. The van der Waals surface area contributed by atoms with Crippen LogP contribution in [0.4, 0.5) is 0 Å². The molecule has 0 bridgehead atoms. The third-order valence-corrected chi connectivity index (χ3v) is 3.42. The molecule has 2 N–H and O–H groups in total. The standard InChI is InChI=1S/C13H23NO2/c1-9(2)8-11-4-6-12(7-5-11)10(3)13(15)14-16/h6,9-11,16H,4-5,7-8H2,1-3H3,(H,14,15)/t10-,11+/m1/s1. The van der Waals surface area contributed by atoms with Crippen molar-refractivity contribution in [1.29, 1.82) is 0 Å². The highest BCUT2D eigenvalue weighted by Gasteiger charge is 2.22. The van der Waals surface area contributed by atoms with Gasteiger partial charge in [-0.15, -0.1) is 0 Å². The fourth-order valence-electron chi connectivity index (χ4n) is 2.45. The average molecular weight is 225 g/mol. The zero-order valence-electron chi connectivity index (χ0n) is 10.5. The highest BCUT2D eigenvalue weighted by atomic mass is 16.5. The van der Waals surface area contributed by atoms with Crippen molar-refractivity contribution in [3.05, 3.63) is 11.6 Å². The van der Waals surface area contributed by atoms with Crippen LogP contribution in [0.1, 0.15) is 46.5 Å². The van der Waals surface area contributed by atoms with E-state index in [2.05, 4.69) is 19.9 Å². The van der Waals surface area contributed by atoms with E-state index in [1.165, 1.54) is 18.4 Å². The van der Waals surface area contributed by atoms with Gasteiger partial charge < -0.3 is 0 Å². The van der Waals surface area contributed by atoms with Crippen LogP contribution in [0.2, 0.25) is 0 Å². The number of hydrogen-bond acceptors (Lipinski definition) is 2. The van der Waals surface area contributed by atoms with E-state index < -0.39 is 0 Å². The maximum absolute atomic E-state index is 11.3. The Balaban J connectivity index is 2.49. The van der Waals surface area contributed by atoms with Crippen molar-refractivity contribution in [2.45, 2.75) is 46.5 Å². The van der Waals surface area contributed by atoms with Gasteiger partial charge in [0.2, 0.25) is 5.91 Å². The number of nitrogens with one attached hydrogen (secondary N) is 1. The van der Waals surface area contributed by atoms with Crippen molar-refractivity contribution < 1.29 is 10.0 Å². The zero-order valence-corrected chi connectivity index (χ0v) is 10.5. The summed E-state index contributed by atoms with van der Waals surface area (Å²) in [6.45, 7) is 6.35. The molecule has 2 atom stereocenters. The van der Waals surface area contributed by atoms with E-state index in [-0.39, 0.29) is 11.8 Å². The molecule has 1 aliphatic carbocycles. The molecule has 0 spiro atoms. The van der Waals surface area contributed by atoms with Gasteiger partial charge in [-0.05, 0) is 44.4 Å². The van der Waals surface area contributed by atoms with Crippen LogP contribution in [0.15, 0.2) is 11.6 Å². The van der Waals surface area contributed by atoms with Crippen molar-refractivity contribution in [3.63, 3.8) is 0 Å². The summed E-state index contributed by atoms with van der Waals surface area (Å²) in [6.07, 6.45) is 6.70. The molecule has 16 heavy (non-hydrogen) atoms. The molecule has 3 heteroatoms. The second-order valence-corrected chi connectivity index (χ2v) is 5.25. The fourth-order valence-corrected chi connectivity index (χ4v) is 2.45. The molecular formula is C13H23NO2. The summed E-state index contributed by atoms with van der Waals surface area (Å²) in [5.41, 5.74) is 2.90. The minimum atomic E-state index is -0.298. The Hall–Kier alpha value is -0.830. The number of rotatable bonds is 4. The van der Waals surface area contributed by atoms with E-state index in [1.54, 1.807) is 5.48 Å². The predicted molar refractivity (Wildman–Crippen MR) is 64.0 cm³/mol. The average Bonchev–Trinajstić information content (AvgIpc) is 2.27. The predicted octanol–water partition coefficient (Wildman–Crippen LogP) is 2.90. The summed E-state index contributed by atoms with van der Waals surface area (Å²) < 4.78 is 0. The number of allylic oxidation sites excluding steroid dienone is 1. The first-order chi connectivity index (χ1) is 7.54.